The number of sulfonamides is 1. The number of ether oxygens (including phenoxy) is 1. The summed E-state index contributed by atoms with van der Waals surface area (Å²) in [5.41, 5.74) is -1.10. The molecular weight excluding hydrogens is 358 g/mol. The van der Waals surface area contributed by atoms with Gasteiger partial charge in [-0.25, -0.2) is 13.2 Å². The number of benzene rings is 1. The maximum absolute atomic E-state index is 12.8. The SMILES string of the molecule is CCOC(=O)c1cc(Cl)cc(S(=O)(=O)N2CCC(C)(C(=O)O)C2)c1. The summed E-state index contributed by atoms with van der Waals surface area (Å²) in [5, 5.41) is 9.33. The third kappa shape index (κ3) is 3.55. The number of nitrogens with zero attached hydrogens (tertiary/aromatic N) is 1. The summed E-state index contributed by atoms with van der Waals surface area (Å²) < 4.78 is 31.5. The lowest BCUT2D eigenvalue weighted by Gasteiger charge is -2.20. The van der Waals surface area contributed by atoms with Gasteiger partial charge in [-0.15, -0.1) is 0 Å². The van der Waals surface area contributed by atoms with Crippen LogP contribution in [0, 0.1) is 5.41 Å². The van der Waals surface area contributed by atoms with Gasteiger partial charge in [0.2, 0.25) is 10.0 Å². The normalized spacial score (nSPS) is 21.6. The molecule has 0 aliphatic carbocycles. The second-order valence-electron chi connectivity index (χ2n) is 5.85. The molecule has 0 bridgehead atoms. The van der Waals surface area contributed by atoms with Gasteiger partial charge in [0.25, 0.3) is 0 Å². The number of carboxylic acids is 1. The maximum Gasteiger partial charge on any atom is 0.338 e. The third-order valence-corrected chi connectivity index (χ3v) is 6.02. The number of aliphatic carboxylic acids is 1. The van der Waals surface area contributed by atoms with Crippen molar-refractivity contribution in [2.24, 2.45) is 5.41 Å². The average Bonchev–Trinajstić information content (AvgIpc) is 2.91. The molecule has 1 aliphatic rings. The fourth-order valence-electron chi connectivity index (χ4n) is 2.49. The minimum absolute atomic E-state index is 0.0307. The number of halogens is 1. The molecule has 132 valence electrons. The Labute approximate surface area is 145 Å². The molecule has 0 aromatic heterocycles. The van der Waals surface area contributed by atoms with Gasteiger partial charge in [0, 0.05) is 18.1 Å². The number of hydrogen-bond donors (Lipinski definition) is 1. The Morgan fingerprint density at radius 2 is 2.04 bits per heavy atom. The molecule has 1 heterocycles. The molecule has 1 atom stereocenters. The van der Waals surface area contributed by atoms with E-state index in [1.165, 1.54) is 25.1 Å². The highest BCUT2D eigenvalue weighted by atomic mass is 35.5. The summed E-state index contributed by atoms with van der Waals surface area (Å²) in [5.74, 6) is -1.72. The Hall–Kier alpha value is -1.64. The van der Waals surface area contributed by atoms with E-state index in [1.807, 2.05) is 0 Å². The fraction of sp³-hybridized carbons (Fsp3) is 0.467. The molecule has 0 saturated carbocycles. The van der Waals surface area contributed by atoms with Crippen LogP contribution in [0.1, 0.15) is 30.6 Å². The predicted molar refractivity (Wildman–Crippen MR) is 86.5 cm³/mol. The summed E-state index contributed by atoms with van der Waals surface area (Å²) >= 11 is 5.93. The second-order valence-corrected chi connectivity index (χ2v) is 8.22. The van der Waals surface area contributed by atoms with Crippen molar-refractivity contribution in [3.05, 3.63) is 28.8 Å². The number of hydrogen-bond acceptors (Lipinski definition) is 5. The van der Waals surface area contributed by atoms with Crippen LogP contribution in [0.25, 0.3) is 0 Å². The van der Waals surface area contributed by atoms with E-state index in [0.29, 0.717) is 0 Å². The second kappa shape index (κ2) is 6.70. The van der Waals surface area contributed by atoms with Gasteiger partial charge in [0.15, 0.2) is 0 Å². The van der Waals surface area contributed by atoms with Crippen LogP contribution in [0.3, 0.4) is 0 Å². The van der Waals surface area contributed by atoms with E-state index in [1.54, 1.807) is 6.92 Å². The van der Waals surface area contributed by atoms with Gasteiger partial charge >= 0.3 is 11.9 Å². The highest BCUT2D eigenvalue weighted by molar-refractivity contribution is 7.89. The molecule has 1 aliphatic heterocycles. The Bertz CT molecular complexity index is 778. The van der Waals surface area contributed by atoms with Crippen LogP contribution in [-0.4, -0.2) is 49.5 Å². The molecule has 1 saturated heterocycles. The van der Waals surface area contributed by atoms with Crippen LogP contribution >= 0.6 is 11.6 Å². The summed E-state index contributed by atoms with van der Waals surface area (Å²) in [7, 11) is -3.96. The van der Waals surface area contributed by atoms with E-state index in [-0.39, 0.29) is 41.6 Å². The molecule has 0 radical (unpaired) electrons. The first-order chi connectivity index (χ1) is 11.1. The quantitative estimate of drug-likeness (QED) is 0.790. The van der Waals surface area contributed by atoms with E-state index >= 15 is 0 Å². The van der Waals surface area contributed by atoms with Crippen LogP contribution in [0.15, 0.2) is 23.1 Å². The van der Waals surface area contributed by atoms with Crippen molar-refractivity contribution in [2.45, 2.75) is 25.2 Å². The van der Waals surface area contributed by atoms with E-state index in [0.717, 1.165) is 4.31 Å². The third-order valence-electron chi connectivity index (χ3n) is 3.97. The summed E-state index contributed by atoms with van der Waals surface area (Å²) in [6.45, 7) is 3.25. The van der Waals surface area contributed by atoms with Crippen LogP contribution in [0.5, 0.6) is 0 Å². The van der Waals surface area contributed by atoms with Crippen molar-refractivity contribution >= 4 is 33.6 Å². The molecule has 2 rings (SSSR count). The molecule has 9 heteroatoms. The maximum atomic E-state index is 12.8. The molecule has 24 heavy (non-hydrogen) atoms. The number of carboxylic acid groups (broad SMARTS) is 1. The first-order valence-electron chi connectivity index (χ1n) is 7.31. The summed E-state index contributed by atoms with van der Waals surface area (Å²) in [6.07, 6.45) is 0.215. The molecule has 7 nitrogen and oxygen atoms in total. The Morgan fingerprint density at radius 1 is 1.38 bits per heavy atom. The zero-order valence-electron chi connectivity index (χ0n) is 13.3. The van der Waals surface area contributed by atoms with Crippen molar-refractivity contribution in [2.75, 3.05) is 19.7 Å². The van der Waals surface area contributed by atoms with Crippen molar-refractivity contribution in [3.63, 3.8) is 0 Å². The molecule has 1 aromatic carbocycles. The lowest BCUT2D eigenvalue weighted by molar-refractivity contribution is -0.146. The number of esters is 1. The van der Waals surface area contributed by atoms with Crippen molar-refractivity contribution in [1.29, 1.82) is 0 Å². The Morgan fingerprint density at radius 3 is 2.58 bits per heavy atom. The minimum atomic E-state index is -3.96. The van der Waals surface area contributed by atoms with Gasteiger partial charge < -0.3 is 9.84 Å². The fourth-order valence-corrected chi connectivity index (χ4v) is 4.43. The highest BCUT2D eigenvalue weighted by Crippen LogP contribution is 2.34. The first-order valence-corrected chi connectivity index (χ1v) is 9.13. The molecule has 1 fully saturated rings. The van der Waals surface area contributed by atoms with Crippen LogP contribution in [0.4, 0.5) is 0 Å². The van der Waals surface area contributed by atoms with E-state index in [9.17, 15) is 23.1 Å². The number of carbonyl (C=O) groups excluding carboxylic acids is 1. The van der Waals surface area contributed by atoms with Crippen LogP contribution < -0.4 is 0 Å². The van der Waals surface area contributed by atoms with Crippen molar-refractivity contribution in [3.8, 4) is 0 Å². The molecule has 1 N–H and O–H groups in total. The molecule has 0 amide bonds. The minimum Gasteiger partial charge on any atom is -0.481 e. The summed E-state index contributed by atoms with van der Waals surface area (Å²) in [6, 6.07) is 3.75. The van der Waals surface area contributed by atoms with Gasteiger partial charge in [-0.1, -0.05) is 11.6 Å². The van der Waals surface area contributed by atoms with Gasteiger partial charge in [-0.2, -0.15) is 4.31 Å². The number of rotatable bonds is 5. The molecule has 0 spiro atoms. The van der Waals surface area contributed by atoms with Gasteiger partial charge in [-0.05, 0) is 38.5 Å². The van der Waals surface area contributed by atoms with E-state index in [4.69, 9.17) is 16.3 Å². The Kier molecular flexibility index (Phi) is 5.22. The first kappa shape index (κ1) is 18.7. The smallest absolute Gasteiger partial charge is 0.338 e. The van der Waals surface area contributed by atoms with Crippen LogP contribution in [0.2, 0.25) is 5.02 Å². The predicted octanol–water partition coefficient (Wildman–Crippen LogP) is 2.00. The zero-order valence-corrected chi connectivity index (χ0v) is 14.9. The highest BCUT2D eigenvalue weighted by Gasteiger charge is 2.45. The average molecular weight is 376 g/mol. The van der Waals surface area contributed by atoms with E-state index in [2.05, 4.69) is 0 Å². The van der Waals surface area contributed by atoms with Crippen molar-refractivity contribution < 1.29 is 27.9 Å². The lowest BCUT2D eigenvalue weighted by atomic mass is 9.90. The monoisotopic (exact) mass is 375 g/mol. The standard InChI is InChI=1S/C15H18ClNO6S/c1-3-23-13(18)10-6-11(16)8-12(7-10)24(21,22)17-5-4-15(2,9-17)14(19)20/h6-8H,3-5,9H2,1-2H3,(H,19,20). The molecule has 1 unspecified atom stereocenters. The van der Waals surface area contributed by atoms with Crippen LogP contribution in [-0.2, 0) is 19.6 Å². The Balaban J connectivity index is 2.37. The van der Waals surface area contributed by atoms with Gasteiger partial charge in [0.05, 0.1) is 22.5 Å². The summed E-state index contributed by atoms with van der Waals surface area (Å²) in [4.78, 5) is 23.0. The molecule has 1 aromatic rings. The molecular formula is C15H18ClNO6S. The van der Waals surface area contributed by atoms with Gasteiger partial charge in [-0.3, -0.25) is 4.79 Å². The zero-order chi connectivity index (χ0) is 18.1. The lowest BCUT2D eigenvalue weighted by Crippen LogP contribution is -2.35. The largest absolute Gasteiger partial charge is 0.481 e. The van der Waals surface area contributed by atoms with Crippen molar-refractivity contribution in [1.82, 2.24) is 4.31 Å². The number of carbonyl (C=O) groups is 2. The van der Waals surface area contributed by atoms with E-state index < -0.39 is 27.4 Å². The topological polar surface area (TPSA) is 101 Å². The van der Waals surface area contributed by atoms with Gasteiger partial charge in [0.1, 0.15) is 0 Å².